The van der Waals surface area contributed by atoms with E-state index in [1.807, 2.05) is 0 Å². The fraction of sp³-hybridized carbons (Fsp3) is 0.500. The van der Waals surface area contributed by atoms with Crippen molar-refractivity contribution in [2.45, 2.75) is 25.4 Å². The van der Waals surface area contributed by atoms with Crippen LogP contribution in [-0.4, -0.2) is 63.3 Å². The maximum atomic E-state index is 11.6. The lowest BCUT2D eigenvalue weighted by Gasteiger charge is -2.32. The highest BCUT2D eigenvalue weighted by Crippen LogP contribution is 2.18. The van der Waals surface area contributed by atoms with Crippen LogP contribution in [0.1, 0.15) is 18.4 Å². The third-order valence-corrected chi connectivity index (χ3v) is 5.05. The molecule has 1 aromatic carbocycles. The molecule has 7 nitrogen and oxygen atoms in total. The molecule has 0 bridgehead atoms. The molecule has 2 aliphatic heterocycles. The number of halogens is 1. The fourth-order valence-corrected chi connectivity index (χ4v) is 3.46. The zero-order valence-corrected chi connectivity index (χ0v) is 18.9. The molecule has 154 valence electrons. The van der Waals surface area contributed by atoms with Crippen molar-refractivity contribution in [2.75, 3.05) is 45.2 Å². The normalized spacial score (nSPS) is 17.3. The van der Waals surface area contributed by atoms with Crippen LogP contribution in [0.15, 0.2) is 41.4 Å². The third-order valence-electron chi connectivity index (χ3n) is 5.05. The number of nitrogens with one attached hydrogen (secondary N) is 2. The van der Waals surface area contributed by atoms with Crippen molar-refractivity contribution in [3.05, 3.63) is 42.0 Å². The van der Waals surface area contributed by atoms with E-state index in [9.17, 15) is 4.79 Å². The average molecular weight is 499 g/mol. The van der Waals surface area contributed by atoms with Crippen LogP contribution in [0.2, 0.25) is 0 Å². The number of piperidine rings is 1. The summed E-state index contributed by atoms with van der Waals surface area (Å²) in [5.41, 5.74) is 2.47. The van der Waals surface area contributed by atoms with Gasteiger partial charge >= 0.3 is 6.09 Å². The monoisotopic (exact) mass is 499 g/mol. The van der Waals surface area contributed by atoms with Gasteiger partial charge in [-0.15, -0.1) is 24.0 Å². The highest BCUT2D eigenvalue weighted by atomic mass is 127. The van der Waals surface area contributed by atoms with Gasteiger partial charge in [0.25, 0.3) is 0 Å². The molecule has 8 heteroatoms. The van der Waals surface area contributed by atoms with Crippen LogP contribution in [-0.2, 0) is 11.3 Å². The molecule has 0 spiro atoms. The van der Waals surface area contributed by atoms with Gasteiger partial charge in [-0.25, -0.2) is 4.79 Å². The second-order valence-electron chi connectivity index (χ2n) is 6.85. The Kier molecular flexibility index (Phi) is 8.88. The van der Waals surface area contributed by atoms with Crippen LogP contribution in [0, 0.1) is 0 Å². The van der Waals surface area contributed by atoms with Crippen LogP contribution in [0.5, 0.6) is 0 Å². The second kappa shape index (κ2) is 11.1. The lowest BCUT2D eigenvalue weighted by Crippen LogP contribution is -2.49. The topological polar surface area (TPSA) is 69.2 Å². The largest absolute Gasteiger partial charge is 0.453 e. The first-order valence-electron chi connectivity index (χ1n) is 9.48. The molecule has 2 aliphatic rings. The number of ether oxygens (including phenoxy) is 1. The van der Waals surface area contributed by atoms with Gasteiger partial charge in [-0.05, 0) is 30.5 Å². The van der Waals surface area contributed by atoms with Crippen LogP contribution >= 0.6 is 24.0 Å². The minimum atomic E-state index is -0.246. The van der Waals surface area contributed by atoms with Crippen LogP contribution in [0.4, 0.5) is 10.5 Å². The summed E-state index contributed by atoms with van der Waals surface area (Å²) in [5, 5.41) is 6.86. The quantitative estimate of drug-likeness (QED) is 0.289. The maximum Gasteiger partial charge on any atom is 0.409 e. The molecule has 0 atom stereocenters. The number of carbonyl (C=O) groups excluding carboxylic acids is 1. The Balaban J connectivity index is 0.00000280. The molecular formula is C20H30IN5O2. The van der Waals surface area contributed by atoms with E-state index >= 15 is 0 Å². The van der Waals surface area contributed by atoms with Crippen LogP contribution < -0.4 is 15.5 Å². The van der Waals surface area contributed by atoms with E-state index in [2.05, 4.69) is 56.9 Å². The number of amides is 1. The lowest BCUT2D eigenvalue weighted by atomic mass is 10.1. The first-order chi connectivity index (χ1) is 13.2. The number of hydrogen-bond acceptors (Lipinski definition) is 4. The van der Waals surface area contributed by atoms with E-state index < -0.39 is 0 Å². The number of likely N-dealkylation sites (tertiary alicyclic amines) is 1. The molecule has 0 saturated carbocycles. The minimum Gasteiger partial charge on any atom is -0.453 e. The van der Waals surface area contributed by atoms with Gasteiger partial charge in [0.15, 0.2) is 5.96 Å². The molecule has 1 amide bonds. The molecular weight excluding hydrogens is 469 g/mol. The number of rotatable bonds is 4. The first kappa shape index (κ1) is 22.3. The number of nitrogens with zero attached hydrogens (tertiary/aromatic N) is 3. The van der Waals surface area contributed by atoms with Gasteiger partial charge < -0.3 is 25.2 Å². The number of anilines is 1. The summed E-state index contributed by atoms with van der Waals surface area (Å²) in [6.45, 7) is 4.07. The van der Waals surface area contributed by atoms with E-state index in [1.165, 1.54) is 18.4 Å². The molecule has 1 saturated heterocycles. The van der Waals surface area contributed by atoms with Crippen molar-refractivity contribution in [3.8, 4) is 0 Å². The SMILES string of the molecule is CN=C(NCc1cccc(N2CC=CC2)c1)NC1CCN(C(=O)OC)CC1.I. The van der Waals surface area contributed by atoms with Gasteiger partial charge in [-0.1, -0.05) is 24.3 Å². The van der Waals surface area contributed by atoms with E-state index in [0.717, 1.165) is 38.4 Å². The first-order valence-corrected chi connectivity index (χ1v) is 9.48. The highest BCUT2D eigenvalue weighted by molar-refractivity contribution is 14.0. The fourth-order valence-electron chi connectivity index (χ4n) is 3.46. The van der Waals surface area contributed by atoms with Crippen molar-refractivity contribution < 1.29 is 9.53 Å². The second-order valence-corrected chi connectivity index (χ2v) is 6.85. The Morgan fingerprint density at radius 2 is 1.96 bits per heavy atom. The van der Waals surface area contributed by atoms with Crippen molar-refractivity contribution in [3.63, 3.8) is 0 Å². The number of benzene rings is 1. The molecule has 1 aromatic rings. The standard InChI is InChI=1S/C20H29N5O2.HI/c1-21-19(23-17-8-12-25(13-9-17)20(26)27-2)22-15-16-6-5-7-18(14-16)24-10-3-4-11-24;/h3-7,14,17H,8-13,15H2,1-2H3,(H2,21,22,23);1H. The van der Waals surface area contributed by atoms with Gasteiger partial charge in [-0.2, -0.15) is 0 Å². The van der Waals surface area contributed by atoms with E-state index in [4.69, 9.17) is 4.74 Å². The maximum absolute atomic E-state index is 11.6. The smallest absolute Gasteiger partial charge is 0.409 e. The Morgan fingerprint density at radius 3 is 2.61 bits per heavy atom. The molecule has 28 heavy (non-hydrogen) atoms. The molecule has 0 aromatic heterocycles. The van der Waals surface area contributed by atoms with Crippen LogP contribution in [0.3, 0.4) is 0 Å². The van der Waals surface area contributed by atoms with Crippen molar-refractivity contribution >= 4 is 41.7 Å². The average Bonchev–Trinajstić information content (AvgIpc) is 3.26. The Hall–Kier alpha value is -1.97. The number of aliphatic imine (C=N–C) groups is 1. The van der Waals surface area contributed by atoms with Crippen molar-refractivity contribution in [1.82, 2.24) is 15.5 Å². The number of carbonyl (C=O) groups is 1. The molecule has 0 radical (unpaired) electrons. The molecule has 0 unspecified atom stereocenters. The summed E-state index contributed by atoms with van der Waals surface area (Å²) < 4.78 is 4.78. The number of guanidine groups is 1. The van der Waals surface area contributed by atoms with Crippen molar-refractivity contribution in [1.29, 1.82) is 0 Å². The molecule has 2 heterocycles. The van der Waals surface area contributed by atoms with Crippen LogP contribution in [0.25, 0.3) is 0 Å². The summed E-state index contributed by atoms with van der Waals surface area (Å²) in [5.74, 6) is 0.791. The Bertz CT molecular complexity index is 694. The molecule has 1 fully saturated rings. The van der Waals surface area contributed by atoms with Gasteiger partial charge in [-0.3, -0.25) is 4.99 Å². The highest BCUT2D eigenvalue weighted by Gasteiger charge is 2.23. The molecule has 0 aliphatic carbocycles. The summed E-state index contributed by atoms with van der Waals surface area (Å²) in [4.78, 5) is 20.0. The lowest BCUT2D eigenvalue weighted by molar-refractivity contribution is 0.111. The summed E-state index contributed by atoms with van der Waals surface area (Å²) in [7, 11) is 3.21. The van der Waals surface area contributed by atoms with Gasteiger partial charge in [0, 0.05) is 51.5 Å². The van der Waals surface area contributed by atoms with E-state index in [0.29, 0.717) is 19.1 Å². The van der Waals surface area contributed by atoms with Crippen molar-refractivity contribution in [2.24, 2.45) is 4.99 Å². The summed E-state index contributed by atoms with van der Waals surface area (Å²) >= 11 is 0. The predicted molar refractivity (Wildman–Crippen MR) is 124 cm³/mol. The van der Waals surface area contributed by atoms with E-state index in [-0.39, 0.29) is 30.1 Å². The Morgan fingerprint density at radius 1 is 1.25 bits per heavy atom. The van der Waals surface area contributed by atoms with E-state index in [1.54, 1.807) is 11.9 Å². The summed E-state index contributed by atoms with van der Waals surface area (Å²) in [6, 6.07) is 8.91. The third kappa shape index (κ3) is 6.02. The zero-order chi connectivity index (χ0) is 19.1. The van der Waals surface area contributed by atoms with Gasteiger partial charge in [0.2, 0.25) is 0 Å². The van der Waals surface area contributed by atoms with Gasteiger partial charge in [0.05, 0.1) is 7.11 Å². The Labute approximate surface area is 184 Å². The van der Waals surface area contributed by atoms with Gasteiger partial charge in [0.1, 0.15) is 0 Å². The summed E-state index contributed by atoms with van der Waals surface area (Å²) in [6.07, 6.45) is 5.91. The molecule has 3 rings (SSSR count). The predicted octanol–water partition coefficient (Wildman–Crippen LogP) is 2.58. The molecule has 2 N–H and O–H groups in total. The number of methoxy groups -OCH3 is 1. The zero-order valence-electron chi connectivity index (χ0n) is 16.6. The minimum absolute atomic E-state index is 0. The number of hydrogen-bond donors (Lipinski definition) is 2.